The summed E-state index contributed by atoms with van der Waals surface area (Å²) in [5.74, 6) is 0.250. The molecule has 0 radical (unpaired) electrons. The number of allylic oxidation sites excluding steroid dienone is 1. The van der Waals surface area contributed by atoms with Crippen molar-refractivity contribution >= 4 is 29.2 Å². The van der Waals surface area contributed by atoms with Crippen molar-refractivity contribution in [3.63, 3.8) is 0 Å². The van der Waals surface area contributed by atoms with E-state index in [1.807, 2.05) is 38.1 Å². The van der Waals surface area contributed by atoms with Gasteiger partial charge in [0.25, 0.3) is 5.91 Å². The van der Waals surface area contributed by atoms with E-state index in [4.69, 9.17) is 16.3 Å². The highest BCUT2D eigenvalue weighted by Gasteiger charge is 2.36. The van der Waals surface area contributed by atoms with E-state index < -0.39 is 6.04 Å². The maximum atomic E-state index is 13.3. The van der Waals surface area contributed by atoms with Gasteiger partial charge in [-0.15, -0.1) is 0 Å². The SMILES string of the molecule is COc1ccccc1NC(=O)C1=C(C)N(C(C)C)C(=O)N[C@H]1c1ccc(Cl)cc1. The van der Waals surface area contributed by atoms with Crippen molar-refractivity contribution in [1.82, 2.24) is 10.2 Å². The topological polar surface area (TPSA) is 70.7 Å². The summed E-state index contributed by atoms with van der Waals surface area (Å²) in [5, 5.41) is 6.46. The van der Waals surface area contributed by atoms with E-state index in [1.54, 1.807) is 43.2 Å². The van der Waals surface area contributed by atoms with Crippen molar-refractivity contribution < 1.29 is 14.3 Å². The highest BCUT2D eigenvalue weighted by atomic mass is 35.5. The molecule has 6 nitrogen and oxygen atoms in total. The Labute approximate surface area is 175 Å². The maximum Gasteiger partial charge on any atom is 0.322 e. The summed E-state index contributed by atoms with van der Waals surface area (Å²) < 4.78 is 5.34. The molecule has 0 spiro atoms. The second-order valence-electron chi connectivity index (χ2n) is 7.05. The number of anilines is 1. The number of benzene rings is 2. The Morgan fingerprint density at radius 1 is 1.17 bits per heavy atom. The number of hydrogen-bond donors (Lipinski definition) is 2. The van der Waals surface area contributed by atoms with Crippen LogP contribution in [0.4, 0.5) is 10.5 Å². The molecule has 1 aliphatic heterocycles. The Balaban J connectivity index is 2.06. The van der Waals surface area contributed by atoms with Crippen LogP contribution in [0.3, 0.4) is 0 Å². The lowest BCUT2D eigenvalue weighted by Gasteiger charge is -2.38. The van der Waals surface area contributed by atoms with Crippen LogP contribution in [0.5, 0.6) is 5.75 Å². The number of methoxy groups -OCH3 is 1. The van der Waals surface area contributed by atoms with Crippen molar-refractivity contribution in [2.24, 2.45) is 0 Å². The minimum Gasteiger partial charge on any atom is -0.495 e. The minimum absolute atomic E-state index is 0.102. The zero-order valence-electron chi connectivity index (χ0n) is 16.8. The molecular formula is C22H24ClN3O3. The van der Waals surface area contributed by atoms with Gasteiger partial charge in [0.1, 0.15) is 5.75 Å². The predicted molar refractivity (Wildman–Crippen MR) is 114 cm³/mol. The smallest absolute Gasteiger partial charge is 0.322 e. The third kappa shape index (κ3) is 4.22. The molecule has 29 heavy (non-hydrogen) atoms. The van der Waals surface area contributed by atoms with Gasteiger partial charge in [-0.1, -0.05) is 35.9 Å². The number of carbonyl (C=O) groups is 2. The minimum atomic E-state index is -0.593. The summed E-state index contributed by atoms with van der Waals surface area (Å²) in [5.41, 5.74) is 2.40. The highest BCUT2D eigenvalue weighted by Crippen LogP contribution is 2.33. The van der Waals surface area contributed by atoms with Crippen LogP contribution in [-0.4, -0.2) is 30.0 Å². The first-order chi connectivity index (χ1) is 13.8. The van der Waals surface area contributed by atoms with Gasteiger partial charge in [-0.25, -0.2) is 4.79 Å². The van der Waals surface area contributed by atoms with Crippen LogP contribution in [0.1, 0.15) is 32.4 Å². The first-order valence-electron chi connectivity index (χ1n) is 9.33. The Hall–Kier alpha value is -2.99. The lowest BCUT2D eigenvalue weighted by Crippen LogP contribution is -2.50. The van der Waals surface area contributed by atoms with Gasteiger partial charge in [-0.3, -0.25) is 9.69 Å². The molecule has 0 aromatic heterocycles. The summed E-state index contributed by atoms with van der Waals surface area (Å²) in [7, 11) is 1.55. The number of nitrogens with zero attached hydrogens (tertiary/aromatic N) is 1. The van der Waals surface area contributed by atoms with Gasteiger partial charge in [0.15, 0.2) is 0 Å². The fourth-order valence-corrected chi connectivity index (χ4v) is 3.64. The van der Waals surface area contributed by atoms with Gasteiger partial charge < -0.3 is 15.4 Å². The molecule has 0 fully saturated rings. The summed E-state index contributed by atoms with van der Waals surface area (Å²) in [4.78, 5) is 27.7. The highest BCUT2D eigenvalue weighted by molar-refractivity contribution is 6.30. The van der Waals surface area contributed by atoms with Gasteiger partial charge in [-0.2, -0.15) is 0 Å². The first-order valence-corrected chi connectivity index (χ1v) is 9.71. The molecular weight excluding hydrogens is 390 g/mol. The van der Waals surface area contributed by atoms with Crippen LogP contribution >= 0.6 is 11.6 Å². The molecule has 0 aliphatic carbocycles. The fourth-order valence-electron chi connectivity index (χ4n) is 3.52. The molecule has 0 unspecified atom stereocenters. The van der Waals surface area contributed by atoms with Crippen LogP contribution in [0.2, 0.25) is 5.02 Å². The normalized spacial score (nSPS) is 16.7. The van der Waals surface area contributed by atoms with Crippen molar-refractivity contribution in [2.75, 3.05) is 12.4 Å². The predicted octanol–water partition coefficient (Wildman–Crippen LogP) is 4.74. The van der Waals surface area contributed by atoms with Gasteiger partial charge >= 0.3 is 6.03 Å². The monoisotopic (exact) mass is 413 g/mol. The lowest BCUT2D eigenvalue weighted by molar-refractivity contribution is -0.113. The number of amides is 3. The zero-order chi connectivity index (χ0) is 21.1. The number of hydrogen-bond acceptors (Lipinski definition) is 3. The fraction of sp³-hybridized carbons (Fsp3) is 0.273. The Kier molecular flexibility index (Phi) is 6.13. The Bertz CT molecular complexity index is 954. The average Bonchev–Trinajstić information content (AvgIpc) is 2.68. The summed E-state index contributed by atoms with van der Waals surface area (Å²) in [6.45, 7) is 5.60. The van der Waals surface area contributed by atoms with E-state index in [0.717, 1.165) is 5.56 Å². The maximum absolute atomic E-state index is 13.3. The molecule has 152 valence electrons. The molecule has 2 aromatic carbocycles. The molecule has 3 amide bonds. The van der Waals surface area contributed by atoms with E-state index in [0.29, 0.717) is 27.7 Å². The van der Waals surface area contributed by atoms with Crippen LogP contribution in [-0.2, 0) is 4.79 Å². The number of urea groups is 1. The third-order valence-corrected chi connectivity index (χ3v) is 5.10. The number of carbonyl (C=O) groups excluding carboxylic acids is 2. The van der Waals surface area contributed by atoms with Crippen LogP contribution in [0.25, 0.3) is 0 Å². The second-order valence-corrected chi connectivity index (χ2v) is 7.49. The van der Waals surface area contributed by atoms with Crippen LogP contribution < -0.4 is 15.4 Å². The van der Waals surface area contributed by atoms with Crippen molar-refractivity contribution in [2.45, 2.75) is 32.9 Å². The molecule has 0 saturated heterocycles. The summed E-state index contributed by atoms with van der Waals surface area (Å²) in [6.07, 6.45) is 0. The zero-order valence-corrected chi connectivity index (χ0v) is 17.6. The first kappa shape index (κ1) is 20.7. The van der Waals surface area contributed by atoms with E-state index in [1.165, 1.54) is 0 Å². The van der Waals surface area contributed by atoms with Crippen molar-refractivity contribution in [3.05, 3.63) is 70.4 Å². The average molecular weight is 414 g/mol. The van der Waals surface area contributed by atoms with Crippen molar-refractivity contribution in [3.8, 4) is 5.75 Å². The number of rotatable bonds is 5. The van der Waals surface area contributed by atoms with Crippen LogP contribution in [0, 0.1) is 0 Å². The number of ether oxygens (including phenoxy) is 1. The van der Waals surface area contributed by atoms with Gasteiger partial charge in [0, 0.05) is 16.8 Å². The molecule has 1 aliphatic rings. The van der Waals surface area contributed by atoms with Gasteiger partial charge in [0.2, 0.25) is 0 Å². The van der Waals surface area contributed by atoms with Gasteiger partial charge in [-0.05, 0) is 50.6 Å². The van der Waals surface area contributed by atoms with Crippen molar-refractivity contribution in [1.29, 1.82) is 0 Å². The van der Waals surface area contributed by atoms with E-state index in [2.05, 4.69) is 10.6 Å². The molecule has 0 saturated carbocycles. The molecule has 1 heterocycles. The number of nitrogens with one attached hydrogen (secondary N) is 2. The summed E-state index contributed by atoms with van der Waals surface area (Å²) >= 11 is 6.01. The molecule has 2 aromatic rings. The largest absolute Gasteiger partial charge is 0.495 e. The van der Waals surface area contributed by atoms with E-state index >= 15 is 0 Å². The molecule has 7 heteroatoms. The quantitative estimate of drug-likeness (QED) is 0.743. The third-order valence-electron chi connectivity index (χ3n) is 4.85. The second kappa shape index (κ2) is 8.57. The molecule has 2 N–H and O–H groups in total. The molecule has 1 atom stereocenters. The van der Waals surface area contributed by atoms with Gasteiger partial charge in [0.05, 0.1) is 24.4 Å². The Morgan fingerprint density at radius 3 is 2.45 bits per heavy atom. The Morgan fingerprint density at radius 2 is 1.83 bits per heavy atom. The van der Waals surface area contributed by atoms with E-state index in [-0.39, 0.29) is 18.0 Å². The standard InChI is InChI=1S/C22H24ClN3O3/c1-13(2)26-14(3)19(21(27)24-17-7-5-6-8-18(17)29-4)20(25-22(26)28)15-9-11-16(23)12-10-15/h5-13,20H,1-4H3,(H,24,27)(H,25,28)/t20-/m0/s1. The molecule has 0 bridgehead atoms. The van der Waals surface area contributed by atoms with Crippen LogP contribution in [0.15, 0.2) is 59.8 Å². The lowest BCUT2D eigenvalue weighted by atomic mass is 9.93. The van der Waals surface area contributed by atoms with E-state index in [9.17, 15) is 9.59 Å². The molecule has 3 rings (SSSR count). The number of halogens is 1. The summed E-state index contributed by atoms with van der Waals surface area (Å²) in [6, 6.07) is 13.3. The number of para-hydroxylation sites is 2.